The van der Waals surface area contributed by atoms with Crippen molar-refractivity contribution in [1.29, 1.82) is 0 Å². The first-order valence-electron chi connectivity index (χ1n) is 10.8. The van der Waals surface area contributed by atoms with Crippen molar-refractivity contribution in [2.24, 2.45) is 0 Å². The van der Waals surface area contributed by atoms with Crippen LogP contribution in [0.3, 0.4) is 0 Å². The zero-order valence-electron chi connectivity index (χ0n) is 18.0. The van der Waals surface area contributed by atoms with E-state index in [-0.39, 0.29) is 29.1 Å². The summed E-state index contributed by atoms with van der Waals surface area (Å²) in [5, 5.41) is 4.02. The first-order valence-corrected chi connectivity index (χ1v) is 11.2. The number of fused-ring (bicyclic) bond motifs is 1. The van der Waals surface area contributed by atoms with Gasteiger partial charge in [0.05, 0.1) is 22.7 Å². The molecule has 0 spiro atoms. The molecular formula is C24H20ClFN4O4. The molecule has 3 aliphatic heterocycles. The Hall–Kier alpha value is -3.56. The van der Waals surface area contributed by atoms with Crippen molar-refractivity contribution in [2.45, 2.75) is 19.4 Å². The van der Waals surface area contributed by atoms with E-state index < -0.39 is 29.6 Å². The Morgan fingerprint density at radius 3 is 2.47 bits per heavy atom. The van der Waals surface area contributed by atoms with Gasteiger partial charge >= 0.3 is 6.03 Å². The van der Waals surface area contributed by atoms with Crippen LogP contribution in [0.25, 0.3) is 5.57 Å². The third-order valence-corrected chi connectivity index (χ3v) is 6.58. The van der Waals surface area contributed by atoms with Crippen LogP contribution in [-0.4, -0.2) is 58.3 Å². The van der Waals surface area contributed by atoms with Crippen LogP contribution < -0.4 is 5.32 Å². The highest BCUT2D eigenvalue weighted by atomic mass is 35.5. The van der Waals surface area contributed by atoms with Gasteiger partial charge in [-0.25, -0.2) is 14.2 Å². The highest BCUT2D eigenvalue weighted by molar-refractivity contribution is 6.32. The van der Waals surface area contributed by atoms with Gasteiger partial charge in [0.15, 0.2) is 0 Å². The number of halogens is 2. The van der Waals surface area contributed by atoms with Gasteiger partial charge in [0, 0.05) is 26.1 Å². The van der Waals surface area contributed by atoms with Gasteiger partial charge in [0.2, 0.25) is 5.91 Å². The maximum absolute atomic E-state index is 13.8. The number of benzene rings is 2. The minimum Gasteiger partial charge on any atom is -0.295 e. The van der Waals surface area contributed by atoms with Gasteiger partial charge in [-0.1, -0.05) is 35.9 Å². The normalized spacial score (nSPS) is 18.8. The van der Waals surface area contributed by atoms with Crippen LogP contribution in [0.4, 0.5) is 9.18 Å². The third-order valence-electron chi connectivity index (χ3n) is 6.20. The van der Waals surface area contributed by atoms with E-state index in [9.17, 15) is 23.6 Å². The highest BCUT2D eigenvalue weighted by Gasteiger charge is 2.43. The Labute approximate surface area is 199 Å². The largest absolute Gasteiger partial charge is 0.343 e. The van der Waals surface area contributed by atoms with Gasteiger partial charge in [-0.2, -0.15) is 5.01 Å². The van der Waals surface area contributed by atoms with Gasteiger partial charge in [0.25, 0.3) is 11.8 Å². The smallest absolute Gasteiger partial charge is 0.295 e. The maximum atomic E-state index is 13.8. The van der Waals surface area contributed by atoms with Gasteiger partial charge in [-0.15, -0.1) is 0 Å². The SMILES string of the molecule is O=C1CCN(N2C(=O)c3ccc(CN4CC=C(c5cccc(F)c5Cl)CC4)cc3C2=O)C(=O)N1. The second kappa shape index (κ2) is 8.66. The minimum absolute atomic E-state index is 0.00962. The quantitative estimate of drug-likeness (QED) is 0.676. The van der Waals surface area contributed by atoms with E-state index >= 15 is 0 Å². The molecule has 1 saturated heterocycles. The molecule has 2 aromatic carbocycles. The predicted octanol–water partition coefficient (Wildman–Crippen LogP) is 3.22. The second-order valence-corrected chi connectivity index (χ2v) is 8.72. The van der Waals surface area contributed by atoms with Crippen LogP contribution in [0.5, 0.6) is 0 Å². The number of nitrogens with one attached hydrogen (secondary N) is 1. The van der Waals surface area contributed by atoms with E-state index in [1.807, 2.05) is 6.08 Å². The average molecular weight is 483 g/mol. The number of rotatable bonds is 4. The molecule has 0 aromatic heterocycles. The zero-order chi connectivity index (χ0) is 24.0. The van der Waals surface area contributed by atoms with Crippen LogP contribution >= 0.6 is 11.6 Å². The van der Waals surface area contributed by atoms with E-state index in [4.69, 9.17) is 11.6 Å². The fourth-order valence-corrected chi connectivity index (χ4v) is 4.70. The van der Waals surface area contributed by atoms with Crippen LogP contribution in [-0.2, 0) is 11.3 Å². The highest BCUT2D eigenvalue weighted by Crippen LogP contribution is 2.31. The number of imide groups is 2. The van der Waals surface area contributed by atoms with Crippen molar-refractivity contribution in [3.63, 3.8) is 0 Å². The second-order valence-electron chi connectivity index (χ2n) is 8.34. The summed E-state index contributed by atoms with van der Waals surface area (Å²) >= 11 is 6.12. The lowest BCUT2D eigenvalue weighted by Gasteiger charge is -2.32. The molecule has 1 N–H and O–H groups in total. The molecule has 2 aromatic rings. The number of nitrogens with zero attached hydrogens (tertiary/aromatic N) is 3. The number of hydrazine groups is 1. The van der Waals surface area contributed by atoms with Gasteiger partial charge in [-0.3, -0.25) is 24.6 Å². The average Bonchev–Trinajstić information content (AvgIpc) is 3.06. The summed E-state index contributed by atoms with van der Waals surface area (Å²) in [6.07, 6.45) is 2.72. The maximum Gasteiger partial charge on any atom is 0.343 e. The molecule has 1 fully saturated rings. The number of carbonyl (C=O) groups excluding carboxylic acids is 4. The van der Waals surface area contributed by atoms with Crippen molar-refractivity contribution >= 4 is 40.9 Å². The number of amides is 5. The van der Waals surface area contributed by atoms with Crippen LogP contribution in [0.15, 0.2) is 42.5 Å². The molecule has 10 heteroatoms. The van der Waals surface area contributed by atoms with Crippen molar-refractivity contribution in [1.82, 2.24) is 20.2 Å². The van der Waals surface area contributed by atoms with Crippen molar-refractivity contribution in [3.05, 3.63) is 75.6 Å². The summed E-state index contributed by atoms with van der Waals surface area (Å²) in [6.45, 7) is 1.85. The molecule has 0 unspecified atom stereocenters. The first-order chi connectivity index (χ1) is 16.3. The number of urea groups is 1. The lowest BCUT2D eigenvalue weighted by Crippen LogP contribution is -2.58. The van der Waals surface area contributed by atoms with E-state index in [1.165, 1.54) is 6.07 Å². The Morgan fingerprint density at radius 2 is 1.74 bits per heavy atom. The molecule has 0 saturated carbocycles. The van der Waals surface area contributed by atoms with Crippen molar-refractivity contribution in [2.75, 3.05) is 19.6 Å². The Balaban J connectivity index is 1.30. The summed E-state index contributed by atoms with van der Waals surface area (Å²) in [4.78, 5) is 51.5. The summed E-state index contributed by atoms with van der Waals surface area (Å²) < 4.78 is 13.8. The lowest BCUT2D eigenvalue weighted by molar-refractivity contribution is -0.122. The van der Waals surface area contributed by atoms with E-state index in [0.29, 0.717) is 25.1 Å². The van der Waals surface area contributed by atoms with E-state index in [0.717, 1.165) is 27.7 Å². The molecule has 8 nitrogen and oxygen atoms in total. The number of hydrogen-bond donors (Lipinski definition) is 1. The number of hydrogen-bond acceptors (Lipinski definition) is 5. The monoisotopic (exact) mass is 482 g/mol. The fourth-order valence-electron chi connectivity index (χ4n) is 4.45. The summed E-state index contributed by atoms with van der Waals surface area (Å²) in [5.74, 6) is -2.07. The molecule has 3 heterocycles. The van der Waals surface area contributed by atoms with Crippen molar-refractivity contribution < 1.29 is 23.6 Å². The first kappa shape index (κ1) is 22.2. The van der Waals surface area contributed by atoms with E-state index in [2.05, 4.69) is 10.2 Å². The summed E-state index contributed by atoms with van der Waals surface area (Å²) in [7, 11) is 0. The molecule has 0 radical (unpaired) electrons. The topological polar surface area (TPSA) is 90.0 Å². The Bertz CT molecular complexity index is 1280. The van der Waals surface area contributed by atoms with E-state index in [1.54, 1.807) is 30.3 Å². The van der Waals surface area contributed by atoms with Crippen LogP contribution in [0.2, 0.25) is 5.02 Å². The van der Waals surface area contributed by atoms with Crippen molar-refractivity contribution in [3.8, 4) is 0 Å². The lowest BCUT2D eigenvalue weighted by atomic mass is 9.98. The Morgan fingerprint density at radius 1 is 0.941 bits per heavy atom. The Kier molecular flexibility index (Phi) is 5.66. The molecule has 34 heavy (non-hydrogen) atoms. The predicted molar refractivity (Wildman–Crippen MR) is 121 cm³/mol. The molecule has 0 bridgehead atoms. The number of carbonyl (C=O) groups is 4. The molecule has 5 rings (SSSR count). The standard InChI is InChI=1S/C24H20ClFN4O4/c25-21-16(2-1-3-19(21)26)15-6-9-28(10-7-15)13-14-4-5-17-18(12-14)23(33)30(22(17)32)29-11-8-20(31)27-24(29)34/h1-6,12H,7-11,13H2,(H,27,31,34). The minimum atomic E-state index is -0.791. The van der Waals surface area contributed by atoms with Gasteiger partial charge in [-0.05, 0) is 41.3 Å². The van der Waals surface area contributed by atoms with Gasteiger partial charge in [0.1, 0.15) is 5.82 Å². The molecule has 0 aliphatic carbocycles. The molecule has 5 amide bonds. The molecule has 3 aliphatic rings. The summed E-state index contributed by atoms with van der Waals surface area (Å²) in [5.41, 5.74) is 2.99. The fraction of sp³-hybridized carbons (Fsp3) is 0.250. The third kappa shape index (κ3) is 3.86. The molecule has 0 atom stereocenters. The summed E-state index contributed by atoms with van der Waals surface area (Å²) in [6, 6.07) is 9.04. The molecule has 174 valence electrons. The van der Waals surface area contributed by atoms with Crippen LogP contribution in [0, 0.1) is 5.82 Å². The zero-order valence-corrected chi connectivity index (χ0v) is 18.8. The van der Waals surface area contributed by atoms with Gasteiger partial charge < -0.3 is 0 Å². The molecular weight excluding hydrogens is 463 g/mol. The van der Waals surface area contributed by atoms with Crippen LogP contribution in [0.1, 0.15) is 44.7 Å².